The van der Waals surface area contributed by atoms with Gasteiger partial charge < -0.3 is 9.47 Å². The first-order valence-corrected chi connectivity index (χ1v) is 4.57. The Morgan fingerprint density at radius 2 is 1.73 bits per heavy atom. The van der Waals surface area contributed by atoms with Crippen molar-refractivity contribution in [2.75, 3.05) is 13.2 Å². The van der Waals surface area contributed by atoms with Crippen LogP contribution in [0.25, 0.3) is 0 Å². The lowest BCUT2D eigenvalue weighted by molar-refractivity contribution is -0.223. The molecule has 0 amide bonds. The zero-order chi connectivity index (χ0) is 12.1. The maximum absolute atomic E-state index is 12.3. The molecule has 0 aromatic carbocycles. The Balaban J connectivity index is 3.99. The fraction of sp³-hybridized carbons (Fsp3) is 0.889. The third-order valence-corrected chi connectivity index (χ3v) is 1.74. The Hall–Kier alpha value is -0.940. The number of carbonyl (C=O) groups is 1. The summed E-state index contributed by atoms with van der Waals surface area (Å²) in [6.45, 7) is 3.09. The summed E-state index contributed by atoms with van der Waals surface area (Å²) in [7, 11) is 0. The van der Waals surface area contributed by atoms with E-state index in [0.717, 1.165) is 13.8 Å². The van der Waals surface area contributed by atoms with E-state index in [-0.39, 0.29) is 6.61 Å². The van der Waals surface area contributed by atoms with Gasteiger partial charge in [-0.1, -0.05) is 6.92 Å². The number of alkyl halides is 3. The SMILES string of the molecule is CCCOC(=O)OCC(C)(C)C(F)(F)F. The van der Waals surface area contributed by atoms with E-state index in [1.807, 2.05) is 0 Å². The maximum Gasteiger partial charge on any atom is 0.508 e. The summed E-state index contributed by atoms with van der Waals surface area (Å²) < 4.78 is 45.7. The van der Waals surface area contributed by atoms with Crippen LogP contribution in [0.15, 0.2) is 0 Å². The molecule has 0 heterocycles. The van der Waals surface area contributed by atoms with Crippen LogP contribution in [0, 0.1) is 5.41 Å². The molecule has 0 unspecified atom stereocenters. The summed E-state index contributed by atoms with van der Waals surface area (Å²) in [5.74, 6) is 0. The fourth-order valence-electron chi connectivity index (χ4n) is 0.548. The van der Waals surface area contributed by atoms with Gasteiger partial charge in [0, 0.05) is 0 Å². The van der Waals surface area contributed by atoms with Crippen LogP contribution in [0.4, 0.5) is 18.0 Å². The van der Waals surface area contributed by atoms with Crippen molar-refractivity contribution in [1.29, 1.82) is 0 Å². The summed E-state index contributed by atoms with van der Waals surface area (Å²) >= 11 is 0. The van der Waals surface area contributed by atoms with Crippen LogP contribution in [0.2, 0.25) is 0 Å². The number of ether oxygens (including phenoxy) is 2. The molecule has 90 valence electrons. The largest absolute Gasteiger partial charge is 0.508 e. The molecular weight excluding hydrogens is 213 g/mol. The van der Waals surface area contributed by atoms with Gasteiger partial charge in [-0.05, 0) is 20.3 Å². The number of carbonyl (C=O) groups excluding carboxylic acids is 1. The van der Waals surface area contributed by atoms with Crippen LogP contribution < -0.4 is 0 Å². The van der Waals surface area contributed by atoms with E-state index >= 15 is 0 Å². The lowest BCUT2D eigenvalue weighted by Gasteiger charge is -2.26. The Labute approximate surface area is 86.5 Å². The molecule has 0 aliphatic heterocycles. The third kappa shape index (κ3) is 4.90. The summed E-state index contributed by atoms with van der Waals surface area (Å²) in [5.41, 5.74) is -2.06. The van der Waals surface area contributed by atoms with Crippen LogP contribution in [0.3, 0.4) is 0 Å². The van der Waals surface area contributed by atoms with Crippen LogP contribution in [0.5, 0.6) is 0 Å². The maximum atomic E-state index is 12.3. The number of hydrogen-bond acceptors (Lipinski definition) is 3. The second-order valence-electron chi connectivity index (χ2n) is 3.77. The van der Waals surface area contributed by atoms with Crippen molar-refractivity contribution >= 4 is 6.16 Å². The lowest BCUT2D eigenvalue weighted by atomic mass is 9.94. The fourth-order valence-corrected chi connectivity index (χ4v) is 0.548. The quantitative estimate of drug-likeness (QED) is 0.693. The van der Waals surface area contributed by atoms with Gasteiger partial charge in [-0.25, -0.2) is 4.79 Å². The van der Waals surface area contributed by atoms with Gasteiger partial charge in [-0.15, -0.1) is 0 Å². The molecule has 0 bridgehead atoms. The minimum Gasteiger partial charge on any atom is -0.434 e. The van der Waals surface area contributed by atoms with Gasteiger partial charge in [0.1, 0.15) is 6.61 Å². The highest BCUT2D eigenvalue weighted by atomic mass is 19.4. The Morgan fingerprint density at radius 3 is 2.13 bits per heavy atom. The molecule has 0 radical (unpaired) electrons. The van der Waals surface area contributed by atoms with Crippen molar-refractivity contribution in [1.82, 2.24) is 0 Å². The van der Waals surface area contributed by atoms with Crippen molar-refractivity contribution < 1.29 is 27.4 Å². The van der Waals surface area contributed by atoms with Crippen molar-refractivity contribution in [3.05, 3.63) is 0 Å². The van der Waals surface area contributed by atoms with Gasteiger partial charge in [-0.2, -0.15) is 13.2 Å². The van der Waals surface area contributed by atoms with Crippen molar-refractivity contribution in [2.24, 2.45) is 5.41 Å². The van der Waals surface area contributed by atoms with Gasteiger partial charge in [0.2, 0.25) is 0 Å². The second-order valence-corrected chi connectivity index (χ2v) is 3.77. The van der Waals surface area contributed by atoms with Crippen LogP contribution >= 0.6 is 0 Å². The predicted molar refractivity (Wildman–Crippen MR) is 47.4 cm³/mol. The highest BCUT2D eigenvalue weighted by Crippen LogP contribution is 2.37. The predicted octanol–water partition coefficient (Wildman–Crippen LogP) is 3.14. The van der Waals surface area contributed by atoms with E-state index in [2.05, 4.69) is 9.47 Å². The smallest absolute Gasteiger partial charge is 0.434 e. The molecule has 0 aliphatic rings. The Bertz CT molecular complexity index is 211. The van der Waals surface area contributed by atoms with Crippen LogP contribution in [0.1, 0.15) is 27.2 Å². The first-order chi connectivity index (χ1) is 6.70. The molecule has 0 aromatic heterocycles. The molecule has 0 atom stereocenters. The van der Waals surface area contributed by atoms with Gasteiger partial charge >= 0.3 is 12.3 Å². The number of hydrogen-bond donors (Lipinski definition) is 0. The molecular formula is C9H15F3O3. The number of halogens is 3. The summed E-state index contributed by atoms with van der Waals surface area (Å²) in [6, 6.07) is 0. The van der Waals surface area contributed by atoms with Crippen molar-refractivity contribution in [3.8, 4) is 0 Å². The van der Waals surface area contributed by atoms with Gasteiger partial charge in [0.25, 0.3) is 0 Å². The number of rotatable bonds is 4. The molecule has 0 fully saturated rings. The standard InChI is InChI=1S/C9H15F3O3/c1-4-5-14-7(13)15-6-8(2,3)9(10,11)12/h4-6H2,1-3H3. The average molecular weight is 228 g/mol. The monoisotopic (exact) mass is 228 g/mol. The van der Waals surface area contributed by atoms with E-state index in [1.165, 1.54) is 0 Å². The Kier molecular flexibility index (Phi) is 4.90. The second kappa shape index (κ2) is 5.23. The highest BCUT2D eigenvalue weighted by molar-refractivity contribution is 5.59. The summed E-state index contributed by atoms with van der Waals surface area (Å²) in [5, 5.41) is 0. The minimum absolute atomic E-state index is 0.144. The lowest BCUT2D eigenvalue weighted by Crippen LogP contribution is -2.37. The summed E-state index contributed by atoms with van der Waals surface area (Å²) in [6.07, 6.45) is -4.87. The van der Waals surface area contributed by atoms with E-state index in [0.29, 0.717) is 6.42 Å². The van der Waals surface area contributed by atoms with Crippen LogP contribution in [-0.4, -0.2) is 25.5 Å². The first kappa shape index (κ1) is 14.1. The van der Waals surface area contributed by atoms with Crippen molar-refractivity contribution in [3.63, 3.8) is 0 Å². The molecule has 0 N–H and O–H groups in total. The van der Waals surface area contributed by atoms with E-state index in [1.54, 1.807) is 6.92 Å². The topological polar surface area (TPSA) is 35.5 Å². The van der Waals surface area contributed by atoms with E-state index < -0.39 is 24.4 Å². The van der Waals surface area contributed by atoms with Gasteiger partial charge in [0.05, 0.1) is 12.0 Å². The normalized spacial score (nSPS) is 12.4. The van der Waals surface area contributed by atoms with Crippen LogP contribution in [-0.2, 0) is 9.47 Å². The molecule has 6 heteroatoms. The molecule has 0 spiro atoms. The third-order valence-electron chi connectivity index (χ3n) is 1.74. The molecule has 0 saturated heterocycles. The molecule has 0 rings (SSSR count). The molecule has 3 nitrogen and oxygen atoms in total. The minimum atomic E-state index is -4.40. The van der Waals surface area contributed by atoms with Gasteiger partial charge in [-0.3, -0.25) is 0 Å². The first-order valence-electron chi connectivity index (χ1n) is 4.57. The highest BCUT2D eigenvalue weighted by Gasteiger charge is 2.48. The molecule has 15 heavy (non-hydrogen) atoms. The van der Waals surface area contributed by atoms with Gasteiger partial charge in [0.15, 0.2) is 0 Å². The molecule has 0 aliphatic carbocycles. The Morgan fingerprint density at radius 1 is 1.20 bits per heavy atom. The zero-order valence-corrected chi connectivity index (χ0v) is 8.98. The van der Waals surface area contributed by atoms with E-state index in [9.17, 15) is 18.0 Å². The van der Waals surface area contributed by atoms with E-state index in [4.69, 9.17) is 0 Å². The molecule has 0 aromatic rings. The summed E-state index contributed by atoms with van der Waals surface area (Å²) in [4.78, 5) is 10.8. The average Bonchev–Trinajstić information content (AvgIpc) is 2.09. The zero-order valence-electron chi connectivity index (χ0n) is 8.98. The van der Waals surface area contributed by atoms with Crippen molar-refractivity contribution in [2.45, 2.75) is 33.4 Å². The molecule has 0 saturated carbocycles.